The normalized spacial score (nSPS) is 11.6. The standard InChI is InChI=1S/C27H29FN2O4/c1-17(2)27(33-5)22(15-20-7-9-21(10-8-20)30-14-6-13-29-30)18(3)26-19(4)23(28)11-12-24(26)34-16-25(31)32/h6-14H,15-16H2,1-5H3,(H,31,32)/b22-18-. The zero-order valence-corrected chi connectivity index (χ0v) is 20.1. The monoisotopic (exact) mass is 464 g/mol. The van der Waals surface area contributed by atoms with Gasteiger partial charge < -0.3 is 14.6 Å². The summed E-state index contributed by atoms with van der Waals surface area (Å²) >= 11 is 0. The number of rotatable bonds is 9. The topological polar surface area (TPSA) is 73.6 Å². The van der Waals surface area contributed by atoms with E-state index >= 15 is 0 Å². The third kappa shape index (κ3) is 5.54. The van der Waals surface area contributed by atoms with E-state index in [0.29, 0.717) is 29.1 Å². The molecule has 3 rings (SSSR count). The van der Waals surface area contributed by atoms with Gasteiger partial charge in [-0.2, -0.15) is 5.10 Å². The van der Waals surface area contributed by atoms with E-state index in [1.807, 2.05) is 57.3 Å². The Bertz CT molecular complexity index is 1220. The summed E-state index contributed by atoms with van der Waals surface area (Å²) in [5.74, 6) is -0.485. The van der Waals surface area contributed by atoms with Gasteiger partial charge in [0.05, 0.1) is 12.8 Å². The smallest absolute Gasteiger partial charge is 0.341 e. The molecule has 34 heavy (non-hydrogen) atoms. The molecule has 0 saturated heterocycles. The fourth-order valence-corrected chi connectivity index (χ4v) is 3.94. The summed E-state index contributed by atoms with van der Waals surface area (Å²) in [5.41, 5.74) is 5.47. The predicted octanol–water partition coefficient (Wildman–Crippen LogP) is 5.74. The van der Waals surface area contributed by atoms with Crippen molar-refractivity contribution in [1.82, 2.24) is 9.78 Å². The molecule has 0 aliphatic heterocycles. The van der Waals surface area contributed by atoms with Crippen LogP contribution in [0.4, 0.5) is 4.39 Å². The van der Waals surface area contributed by atoms with Gasteiger partial charge in [-0.3, -0.25) is 0 Å². The lowest BCUT2D eigenvalue weighted by Crippen LogP contribution is -2.12. The van der Waals surface area contributed by atoms with Gasteiger partial charge in [-0.15, -0.1) is 0 Å². The lowest BCUT2D eigenvalue weighted by molar-refractivity contribution is -0.139. The minimum absolute atomic E-state index is 0.314. The minimum atomic E-state index is -1.10. The number of allylic oxidation sites excluding steroid dienone is 3. The van der Waals surface area contributed by atoms with E-state index in [4.69, 9.17) is 14.6 Å². The molecule has 178 valence electrons. The lowest BCUT2D eigenvalue weighted by Gasteiger charge is -2.21. The van der Waals surface area contributed by atoms with Crippen molar-refractivity contribution in [3.63, 3.8) is 0 Å². The quantitative estimate of drug-likeness (QED) is 0.323. The zero-order valence-electron chi connectivity index (χ0n) is 20.1. The highest BCUT2D eigenvalue weighted by Crippen LogP contribution is 2.36. The molecule has 1 aromatic heterocycles. The average Bonchev–Trinajstić information content (AvgIpc) is 3.34. The van der Waals surface area contributed by atoms with Crippen molar-refractivity contribution in [3.05, 3.63) is 94.3 Å². The maximum absolute atomic E-state index is 14.6. The Labute approximate surface area is 199 Å². The van der Waals surface area contributed by atoms with Gasteiger partial charge in [0.1, 0.15) is 17.3 Å². The van der Waals surface area contributed by atoms with Crippen LogP contribution in [0.1, 0.15) is 37.5 Å². The summed E-state index contributed by atoms with van der Waals surface area (Å²) in [7, 11) is 1.61. The van der Waals surface area contributed by atoms with Crippen LogP contribution < -0.4 is 4.74 Å². The highest BCUT2D eigenvalue weighted by atomic mass is 19.1. The van der Waals surface area contributed by atoms with Crippen molar-refractivity contribution < 1.29 is 23.8 Å². The number of aliphatic carboxylic acids is 1. The van der Waals surface area contributed by atoms with Gasteiger partial charge in [-0.1, -0.05) is 12.1 Å². The molecule has 1 N–H and O–H groups in total. The summed E-state index contributed by atoms with van der Waals surface area (Å²) in [6.45, 7) is 6.92. The summed E-state index contributed by atoms with van der Waals surface area (Å²) < 4.78 is 27.6. The van der Waals surface area contributed by atoms with Crippen molar-refractivity contribution in [2.45, 2.75) is 34.1 Å². The fourth-order valence-electron chi connectivity index (χ4n) is 3.94. The summed E-state index contributed by atoms with van der Waals surface area (Å²) in [4.78, 5) is 11.1. The van der Waals surface area contributed by atoms with E-state index in [0.717, 1.165) is 28.0 Å². The molecular formula is C27H29FN2O4. The highest BCUT2D eigenvalue weighted by Gasteiger charge is 2.20. The molecule has 0 aliphatic rings. The number of benzene rings is 2. The first-order valence-corrected chi connectivity index (χ1v) is 10.9. The molecule has 0 unspecified atom stereocenters. The molecule has 0 spiro atoms. The molecule has 2 aromatic carbocycles. The largest absolute Gasteiger partial charge is 0.497 e. The predicted molar refractivity (Wildman–Crippen MR) is 130 cm³/mol. The van der Waals surface area contributed by atoms with Crippen LogP contribution in [-0.2, 0) is 16.0 Å². The molecule has 0 saturated carbocycles. The van der Waals surface area contributed by atoms with Gasteiger partial charge >= 0.3 is 5.97 Å². The number of halogens is 1. The summed E-state index contributed by atoms with van der Waals surface area (Å²) in [5, 5.41) is 13.3. The van der Waals surface area contributed by atoms with E-state index in [9.17, 15) is 9.18 Å². The van der Waals surface area contributed by atoms with E-state index in [1.165, 1.54) is 12.1 Å². The van der Waals surface area contributed by atoms with Crippen molar-refractivity contribution in [3.8, 4) is 11.4 Å². The van der Waals surface area contributed by atoms with E-state index < -0.39 is 18.4 Å². The Hall–Kier alpha value is -3.87. The molecule has 0 fully saturated rings. The number of carboxylic acid groups (broad SMARTS) is 1. The molecule has 0 atom stereocenters. The molecule has 1 heterocycles. The Balaban J connectivity index is 2.12. The number of hydrogen-bond acceptors (Lipinski definition) is 4. The Morgan fingerprint density at radius 2 is 1.82 bits per heavy atom. The number of methoxy groups -OCH3 is 1. The lowest BCUT2D eigenvalue weighted by atomic mass is 9.90. The second-order valence-electron chi connectivity index (χ2n) is 8.16. The van der Waals surface area contributed by atoms with Crippen molar-refractivity contribution in [2.24, 2.45) is 0 Å². The van der Waals surface area contributed by atoms with Gasteiger partial charge in [0.2, 0.25) is 0 Å². The van der Waals surface area contributed by atoms with E-state index in [-0.39, 0.29) is 0 Å². The summed E-state index contributed by atoms with van der Waals surface area (Å²) in [6, 6.07) is 12.6. The Morgan fingerprint density at radius 3 is 2.38 bits per heavy atom. The Morgan fingerprint density at radius 1 is 1.12 bits per heavy atom. The van der Waals surface area contributed by atoms with Crippen LogP contribution in [0.2, 0.25) is 0 Å². The van der Waals surface area contributed by atoms with Crippen LogP contribution in [-0.4, -0.2) is 34.6 Å². The first-order chi connectivity index (χ1) is 16.2. The van der Waals surface area contributed by atoms with Crippen LogP contribution in [0.15, 0.2) is 71.8 Å². The maximum Gasteiger partial charge on any atom is 0.341 e. The zero-order chi connectivity index (χ0) is 24.8. The number of nitrogens with zero attached hydrogens (tertiary/aromatic N) is 2. The van der Waals surface area contributed by atoms with Crippen LogP contribution in [0, 0.1) is 12.7 Å². The number of ether oxygens (including phenoxy) is 2. The minimum Gasteiger partial charge on any atom is -0.497 e. The first-order valence-electron chi connectivity index (χ1n) is 10.9. The van der Waals surface area contributed by atoms with Crippen molar-refractivity contribution >= 4 is 11.5 Å². The molecule has 7 heteroatoms. The van der Waals surface area contributed by atoms with Crippen LogP contribution >= 0.6 is 0 Å². The van der Waals surface area contributed by atoms with Gasteiger partial charge in [-0.05, 0) is 80.3 Å². The SMILES string of the molecule is COC(=C(C)C)/C(Cc1ccc(-n2cccn2)cc1)=C(/C)c1c(OCC(=O)O)ccc(F)c1C. The molecule has 0 radical (unpaired) electrons. The van der Waals surface area contributed by atoms with Gasteiger partial charge in [0.25, 0.3) is 0 Å². The third-order valence-corrected chi connectivity index (χ3v) is 5.56. The number of hydrogen-bond donors (Lipinski definition) is 1. The average molecular weight is 465 g/mol. The Kier molecular flexibility index (Phi) is 7.89. The van der Waals surface area contributed by atoms with Crippen molar-refractivity contribution in [2.75, 3.05) is 13.7 Å². The number of carbonyl (C=O) groups is 1. The molecule has 3 aromatic rings. The molecule has 0 amide bonds. The fraction of sp³-hybridized carbons (Fsp3) is 0.259. The number of aromatic nitrogens is 2. The van der Waals surface area contributed by atoms with E-state index in [1.54, 1.807) is 24.9 Å². The molecule has 0 bridgehead atoms. The third-order valence-electron chi connectivity index (χ3n) is 5.56. The highest BCUT2D eigenvalue weighted by molar-refractivity contribution is 5.78. The molecule has 6 nitrogen and oxygen atoms in total. The second kappa shape index (κ2) is 10.8. The van der Waals surface area contributed by atoms with Crippen LogP contribution in [0.5, 0.6) is 5.75 Å². The van der Waals surface area contributed by atoms with Crippen molar-refractivity contribution in [1.29, 1.82) is 0 Å². The second-order valence-corrected chi connectivity index (χ2v) is 8.16. The van der Waals surface area contributed by atoms with Gasteiger partial charge in [-0.25, -0.2) is 13.9 Å². The van der Waals surface area contributed by atoms with E-state index in [2.05, 4.69) is 5.10 Å². The van der Waals surface area contributed by atoms with Gasteiger partial charge in [0, 0.05) is 30.0 Å². The molecule has 0 aliphatic carbocycles. The summed E-state index contributed by atoms with van der Waals surface area (Å²) in [6.07, 6.45) is 4.12. The molecular weight excluding hydrogens is 435 g/mol. The van der Waals surface area contributed by atoms with Crippen LogP contribution in [0.25, 0.3) is 11.3 Å². The van der Waals surface area contributed by atoms with Crippen LogP contribution in [0.3, 0.4) is 0 Å². The van der Waals surface area contributed by atoms with Gasteiger partial charge in [0.15, 0.2) is 6.61 Å². The maximum atomic E-state index is 14.6. The first kappa shape index (κ1) is 24.8. The number of carboxylic acids is 1.